The first-order valence-electron chi connectivity index (χ1n) is 11.6. The van der Waals surface area contributed by atoms with Crippen molar-refractivity contribution in [3.8, 4) is 0 Å². The highest BCUT2D eigenvalue weighted by Gasteiger charge is 2.55. The maximum atomic E-state index is 6.38. The van der Waals surface area contributed by atoms with Crippen LogP contribution in [0, 0.1) is 28.6 Å². The van der Waals surface area contributed by atoms with Gasteiger partial charge in [-0.15, -0.1) is 0 Å². The molecular weight excluding hydrogens is 320 g/mol. The summed E-state index contributed by atoms with van der Waals surface area (Å²) < 4.78 is 12.2. The van der Waals surface area contributed by atoms with Crippen LogP contribution >= 0.6 is 0 Å². The van der Waals surface area contributed by atoms with Gasteiger partial charge in [0.2, 0.25) is 0 Å². The molecule has 3 saturated carbocycles. The minimum Gasteiger partial charge on any atom is -0.353 e. The monoisotopic (exact) mass is 358 g/mol. The van der Waals surface area contributed by atoms with Crippen LogP contribution in [-0.2, 0) is 9.47 Å². The molecule has 1 saturated heterocycles. The zero-order chi connectivity index (χ0) is 17.8. The van der Waals surface area contributed by atoms with Crippen LogP contribution in [0.4, 0.5) is 0 Å². The van der Waals surface area contributed by atoms with Crippen molar-refractivity contribution >= 4 is 0 Å². The Labute approximate surface area is 160 Å². The maximum absolute atomic E-state index is 6.38. The summed E-state index contributed by atoms with van der Waals surface area (Å²) in [6.07, 6.45) is 19.2. The van der Waals surface area contributed by atoms with Crippen molar-refractivity contribution in [1.29, 1.82) is 0 Å². The summed E-state index contributed by atoms with van der Waals surface area (Å²) in [5.74, 6) is 2.90. The van der Waals surface area contributed by atoms with Crippen LogP contribution in [0.15, 0.2) is 11.6 Å². The van der Waals surface area contributed by atoms with Gasteiger partial charge < -0.3 is 9.47 Å². The third-order valence-corrected chi connectivity index (χ3v) is 9.32. The summed E-state index contributed by atoms with van der Waals surface area (Å²) in [7, 11) is 0. The van der Waals surface area contributed by atoms with Crippen molar-refractivity contribution in [1.82, 2.24) is 0 Å². The summed E-state index contributed by atoms with van der Waals surface area (Å²) in [5, 5.41) is 0. The fourth-order valence-corrected chi connectivity index (χ4v) is 7.77. The molecule has 0 aromatic heterocycles. The molecule has 0 bridgehead atoms. The summed E-state index contributed by atoms with van der Waals surface area (Å²) in [6.45, 7) is 6.11. The minimum atomic E-state index is 0.0731. The highest BCUT2D eigenvalue weighted by atomic mass is 16.7. The average molecular weight is 359 g/mol. The summed E-state index contributed by atoms with van der Waals surface area (Å²) in [5.41, 5.74) is 2.87. The van der Waals surface area contributed by atoms with Gasteiger partial charge in [-0.05, 0) is 99.2 Å². The Hall–Kier alpha value is -0.340. The number of ether oxygens (including phenoxy) is 2. The van der Waals surface area contributed by atoms with Crippen LogP contribution in [-0.4, -0.2) is 19.0 Å². The maximum Gasteiger partial charge on any atom is 0.157 e. The van der Waals surface area contributed by atoms with Crippen LogP contribution in [0.25, 0.3) is 0 Å². The molecule has 4 fully saturated rings. The number of hydrogen-bond donors (Lipinski definition) is 0. The Morgan fingerprint density at radius 2 is 1.88 bits per heavy atom. The lowest BCUT2D eigenvalue weighted by Crippen LogP contribution is -2.49. The number of allylic oxidation sites excluding steroid dienone is 1. The van der Waals surface area contributed by atoms with Crippen molar-refractivity contribution in [3.63, 3.8) is 0 Å². The van der Waals surface area contributed by atoms with E-state index in [9.17, 15) is 0 Å². The van der Waals surface area contributed by atoms with E-state index in [2.05, 4.69) is 19.9 Å². The fourth-order valence-electron chi connectivity index (χ4n) is 7.77. The lowest BCUT2D eigenvalue weighted by atomic mass is 9.48. The predicted molar refractivity (Wildman–Crippen MR) is 105 cm³/mol. The van der Waals surface area contributed by atoms with E-state index in [0.29, 0.717) is 16.9 Å². The van der Waals surface area contributed by atoms with Gasteiger partial charge >= 0.3 is 0 Å². The van der Waals surface area contributed by atoms with E-state index in [4.69, 9.17) is 9.47 Å². The number of fused-ring (bicyclic) bond motifs is 5. The van der Waals surface area contributed by atoms with Crippen LogP contribution in [0.3, 0.4) is 0 Å². The molecule has 5 rings (SSSR count). The van der Waals surface area contributed by atoms with E-state index in [1.54, 1.807) is 5.57 Å². The van der Waals surface area contributed by atoms with Crippen molar-refractivity contribution in [3.05, 3.63) is 11.6 Å². The second-order valence-corrected chi connectivity index (χ2v) is 10.6. The number of rotatable bonds is 2. The van der Waals surface area contributed by atoms with E-state index < -0.39 is 0 Å². The van der Waals surface area contributed by atoms with E-state index >= 15 is 0 Å². The quantitative estimate of drug-likeness (QED) is 0.543. The topological polar surface area (TPSA) is 18.5 Å². The smallest absolute Gasteiger partial charge is 0.157 e. The van der Waals surface area contributed by atoms with E-state index in [1.807, 2.05) is 0 Å². The lowest BCUT2D eigenvalue weighted by Gasteiger charge is -2.57. The van der Waals surface area contributed by atoms with Gasteiger partial charge in [0.05, 0.1) is 6.10 Å². The molecule has 1 heterocycles. The Morgan fingerprint density at radius 3 is 2.73 bits per heavy atom. The van der Waals surface area contributed by atoms with Gasteiger partial charge in [-0.3, -0.25) is 0 Å². The number of hydrogen-bond acceptors (Lipinski definition) is 2. The van der Waals surface area contributed by atoms with Crippen molar-refractivity contribution in [2.45, 2.75) is 103 Å². The first-order chi connectivity index (χ1) is 12.6. The van der Waals surface area contributed by atoms with Gasteiger partial charge in [0.1, 0.15) is 0 Å². The van der Waals surface area contributed by atoms with Crippen LogP contribution in [0.2, 0.25) is 0 Å². The van der Waals surface area contributed by atoms with Crippen LogP contribution in [0.1, 0.15) is 90.9 Å². The molecule has 2 heteroatoms. The van der Waals surface area contributed by atoms with Crippen molar-refractivity contribution in [2.24, 2.45) is 28.6 Å². The second-order valence-electron chi connectivity index (χ2n) is 10.6. The zero-order valence-electron chi connectivity index (χ0n) is 17.0. The highest BCUT2D eigenvalue weighted by molar-refractivity contribution is 5.25. The fraction of sp³-hybridized carbons (Fsp3) is 0.917. The molecule has 5 aliphatic rings. The van der Waals surface area contributed by atoms with E-state index in [-0.39, 0.29) is 6.29 Å². The Morgan fingerprint density at radius 1 is 0.962 bits per heavy atom. The van der Waals surface area contributed by atoms with Gasteiger partial charge in [0.15, 0.2) is 6.29 Å². The molecule has 0 amide bonds. The molecule has 0 spiro atoms. The Balaban J connectivity index is 1.31. The molecule has 0 radical (unpaired) electrons. The Bertz CT molecular complexity index is 563. The van der Waals surface area contributed by atoms with E-state index in [1.165, 1.54) is 70.6 Å². The average Bonchev–Trinajstić information content (AvgIpc) is 3.05. The van der Waals surface area contributed by atoms with Crippen molar-refractivity contribution < 1.29 is 9.47 Å². The predicted octanol–water partition coefficient (Wildman–Crippen LogP) is 6.25. The van der Waals surface area contributed by atoms with Gasteiger partial charge in [-0.25, -0.2) is 0 Å². The highest BCUT2D eigenvalue weighted by Crippen LogP contribution is 2.64. The first-order valence-corrected chi connectivity index (χ1v) is 11.6. The third kappa shape index (κ3) is 2.82. The SMILES string of the molecule is C[C@@]12CCC[C@H]1[C@@H]1CC=C3CC(OC4CCCCO4)CC[C@]3(C)[C@H]1CC2. The van der Waals surface area contributed by atoms with E-state index in [0.717, 1.165) is 30.8 Å². The Kier molecular flexibility index (Phi) is 4.52. The second kappa shape index (κ2) is 6.62. The van der Waals surface area contributed by atoms with Crippen LogP contribution < -0.4 is 0 Å². The summed E-state index contributed by atoms with van der Waals surface area (Å²) >= 11 is 0. The molecule has 4 aliphatic carbocycles. The molecule has 1 aliphatic heterocycles. The molecule has 0 aromatic rings. The zero-order valence-corrected chi connectivity index (χ0v) is 17.0. The summed E-state index contributed by atoms with van der Waals surface area (Å²) in [4.78, 5) is 0. The van der Waals surface area contributed by atoms with Gasteiger partial charge in [-0.2, -0.15) is 0 Å². The molecule has 146 valence electrons. The molecule has 2 unspecified atom stereocenters. The molecular formula is C24H38O2. The lowest BCUT2D eigenvalue weighted by molar-refractivity contribution is -0.195. The van der Waals surface area contributed by atoms with Gasteiger partial charge in [-0.1, -0.05) is 31.9 Å². The molecule has 0 N–H and O–H groups in total. The van der Waals surface area contributed by atoms with Crippen LogP contribution in [0.5, 0.6) is 0 Å². The van der Waals surface area contributed by atoms with Crippen molar-refractivity contribution in [2.75, 3.05) is 6.61 Å². The van der Waals surface area contributed by atoms with Gasteiger partial charge in [0, 0.05) is 6.61 Å². The molecule has 7 atom stereocenters. The minimum absolute atomic E-state index is 0.0731. The molecule has 0 aromatic carbocycles. The first kappa shape index (κ1) is 17.7. The molecule has 2 nitrogen and oxygen atoms in total. The van der Waals surface area contributed by atoms with Gasteiger partial charge in [0.25, 0.3) is 0 Å². The third-order valence-electron chi connectivity index (χ3n) is 9.32. The summed E-state index contributed by atoms with van der Waals surface area (Å²) in [6, 6.07) is 0. The largest absolute Gasteiger partial charge is 0.353 e. The normalized spacial score (nSPS) is 51.2. The molecule has 26 heavy (non-hydrogen) atoms. The standard InChI is InChI=1S/C24H38O2/c1-23-12-5-6-20(23)19-9-8-17-16-18(26-22-7-3-4-15-25-22)10-14-24(17,2)21(19)11-13-23/h8,18-22H,3-7,9-16H2,1-2H3/t18?,19-,20-,21-,22?,23-,24-/m0/s1.